The second-order valence-electron chi connectivity index (χ2n) is 7.40. The molecule has 2 heterocycles. The molecule has 0 aliphatic carbocycles. The van der Waals surface area contributed by atoms with E-state index >= 15 is 0 Å². The van der Waals surface area contributed by atoms with E-state index in [2.05, 4.69) is 50.2 Å². The molecular weight excluding hydrogens is 288 g/mol. The second kappa shape index (κ2) is 8.88. The maximum Gasteiger partial charge on any atom is 0.191 e. The number of hydrogen-bond donors (Lipinski definition) is 2. The monoisotopic (exact) mass is 324 g/mol. The van der Waals surface area contributed by atoms with Crippen molar-refractivity contribution in [1.82, 2.24) is 15.5 Å². The topological polar surface area (TPSA) is 48.9 Å². The predicted octanol–water partition coefficient (Wildman–Crippen LogP) is 2.37. The van der Waals surface area contributed by atoms with E-state index in [1.807, 2.05) is 0 Å². The Bertz CT molecular complexity index is 375. The molecule has 0 aromatic carbocycles. The fourth-order valence-corrected chi connectivity index (χ4v) is 3.84. The molecule has 0 radical (unpaired) electrons. The van der Waals surface area contributed by atoms with Crippen LogP contribution in [0.3, 0.4) is 0 Å². The maximum absolute atomic E-state index is 5.92. The summed E-state index contributed by atoms with van der Waals surface area (Å²) >= 11 is 0. The molecule has 3 unspecified atom stereocenters. The first-order chi connectivity index (χ1) is 11.0. The maximum atomic E-state index is 5.92. The fourth-order valence-electron chi connectivity index (χ4n) is 3.84. The minimum absolute atomic E-state index is 0.390. The van der Waals surface area contributed by atoms with Gasteiger partial charge in [0.05, 0.1) is 18.2 Å². The Morgan fingerprint density at radius 3 is 2.48 bits per heavy atom. The van der Waals surface area contributed by atoms with Gasteiger partial charge in [-0.2, -0.15) is 0 Å². The van der Waals surface area contributed by atoms with E-state index in [1.54, 1.807) is 0 Å². The molecule has 5 nitrogen and oxygen atoms in total. The van der Waals surface area contributed by atoms with Gasteiger partial charge in [-0.3, -0.25) is 9.89 Å². The van der Waals surface area contributed by atoms with Crippen LogP contribution in [-0.2, 0) is 4.74 Å². The molecule has 0 saturated carbocycles. The van der Waals surface area contributed by atoms with Crippen LogP contribution < -0.4 is 10.6 Å². The van der Waals surface area contributed by atoms with Gasteiger partial charge in [0.1, 0.15) is 0 Å². The van der Waals surface area contributed by atoms with Crippen LogP contribution in [0.5, 0.6) is 0 Å². The van der Waals surface area contributed by atoms with Crippen molar-refractivity contribution in [3.63, 3.8) is 0 Å². The number of rotatable bonds is 8. The zero-order chi connectivity index (χ0) is 16.8. The first kappa shape index (κ1) is 18.5. The highest BCUT2D eigenvalue weighted by Crippen LogP contribution is 2.34. The molecule has 2 fully saturated rings. The third kappa shape index (κ3) is 5.35. The van der Waals surface area contributed by atoms with Gasteiger partial charge in [-0.15, -0.1) is 0 Å². The molecule has 0 spiro atoms. The number of nitrogens with one attached hydrogen (secondary N) is 2. The van der Waals surface area contributed by atoms with Crippen molar-refractivity contribution in [2.75, 3.05) is 19.6 Å². The lowest BCUT2D eigenvalue weighted by Crippen LogP contribution is -2.47. The summed E-state index contributed by atoms with van der Waals surface area (Å²) < 4.78 is 5.92. The van der Waals surface area contributed by atoms with Crippen LogP contribution in [0.2, 0.25) is 0 Å². The highest BCUT2D eigenvalue weighted by atomic mass is 16.5. The molecule has 0 aromatic heterocycles. The lowest BCUT2D eigenvalue weighted by molar-refractivity contribution is 0.0992. The van der Waals surface area contributed by atoms with Crippen molar-refractivity contribution in [2.45, 2.75) is 90.6 Å². The van der Waals surface area contributed by atoms with E-state index in [-0.39, 0.29) is 0 Å². The summed E-state index contributed by atoms with van der Waals surface area (Å²) in [7, 11) is 0. The summed E-state index contributed by atoms with van der Waals surface area (Å²) in [5.74, 6) is 0.953. The summed E-state index contributed by atoms with van der Waals surface area (Å²) in [4.78, 5) is 7.29. The normalized spacial score (nSPS) is 27.5. The minimum Gasteiger partial charge on any atom is -0.373 e. The van der Waals surface area contributed by atoms with Crippen LogP contribution in [0.25, 0.3) is 0 Å². The zero-order valence-electron chi connectivity index (χ0n) is 15.6. The van der Waals surface area contributed by atoms with Gasteiger partial charge in [-0.05, 0) is 60.3 Å². The van der Waals surface area contributed by atoms with Gasteiger partial charge in [0.2, 0.25) is 0 Å². The van der Waals surface area contributed by atoms with Gasteiger partial charge >= 0.3 is 0 Å². The van der Waals surface area contributed by atoms with Gasteiger partial charge in [0.15, 0.2) is 5.96 Å². The van der Waals surface area contributed by atoms with Gasteiger partial charge in [0, 0.05) is 31.7 Å². The van der Waals surface area contributed by atoms with Gasteiger partial charge in [-0.1, -0.05) is 0 Å². The molecule has 23 heavy (non-hydrogen) atoms. The summed E-state index contributed by atoms with van der Waals surface area (Å²) in [6.07, 6.45) is 5.52. The van der Waals surface area contributed by atoms with Gasteiger partial charge in [0.25, 0.3) is 0 Å². The summed E-state index contributed by atoms with van der Waals surface area (Å²) in [6.45, 7) is 14.1. The van der Waals surface area contributed by atoms with Crippen LogP contribution in [0.4, 0.5) is 0 Å². The largest absolute Gasteiger partial charge is 0.373 e. The average Bonchev–Trinajstić information content (AvgIpc) is 3.08. The SMILES string of the molecule is CCNC(=NCCCN(C(C)C)C(C)C)NC1CC2CCC1O2. The third-order valence-electron chi connectivity index (χ3n) is 4.94. The van der Waals surface area contributed by atoms with E-state index in [0.29, 0.717) is 30.3 Å². The van der Waals surface area contributed by atoms with Crippen LogP contribution in [0.15, 0.2) is 4.99 Å². The van der Waals surface area contributed by atoms with Crippen LogP contribution in [-0.4, -0.2) is 60.8 Å². The van der Waals surface area contributed by atoms with Crippen molar-refractivity contribution in [3.8, 4) is 0 Å². The minimum atomic E-state index is 0.390. The van der Waals surface area contributed by atoms with Crippen LogP contribution >= 0.6 is 0 Å². The lowest BCUT2D eigenvalue weighted by Gasteiger charge is -2.30. The Balaban J connectivity index is 1.77. The Labute approximate surface area is 142 Å². The smallest absolute Gasteiger partial charge is 0.191 e. The number of nitrogens with zero attached hydrogens (tertiary/aromatic N) is 2. The Morgan fingerprint density at radius 1 is 1.22 bits per heavy atom. The number of fused-ring (bicyclic) bond motifs is 2. The third-order valence-corrected chi connectivity index (χ3v) is 4.94. The molecule has 5 heteroatoms. The quantitative estimate of drug-likeness (QED) is 0.409. The molecule has 2 aliphatic rings. The van der Waals surface area contributed by atoms with Crippen molar-refractivity contribution >= 4 is 5.96 Å². The molecule has 2 N–H and O–H groups in total. The molecule has 2 bridgehead atoms. The molecule has 3 atom stereocenters. The molecule has 2 saturated heterocycles. The number of ether oxygens (including phenoxy) is 1. The summed E-state index contributed by atoms with van der Waals surface area (Å²) in [5, 5.41) is 6.95. The lowest BCUT2D eigenvalue weighted by atomic mass is 9.96. The van der Waals surface area contributed by atoms with Crippen LogP contribution in [0.1, 0.15) is 60.3 Å². The van der Waals surface area contributed by atoms with Gasteiger partial charge in [-0.25, -0.2) is 0 Å². The fraction of sp³-hybridized carbons (Fsp3) is 0.944. The Morgan fingerprint density at radius 2 is 1.96 bits per heavy atom. The highest BCUT2D eigenvalue weighted by Gasteiger charge is 2.41. The van der Waals surface area contributed by atoms with E-state index in [1.165, 1.54) is 12.8 Å². The van der Waals surface area contributed by atoms with E-state index < -0.39 is 0 Å². The van der Waals surface area contributed by atoms with Crippen molar-refractivity contribution in [3.05, 3.63) is 0 Å². The standard InChI is InChI=1S/C18H36N4O/c1-6-19-18(21-16-12-15-8-9-17(16)23-15)20-10-7-11-22(13(2)3)14(4)5/h13-17H,6-12H2,1-5H3,(H2,19,20,21). The van der Waals surface area contributed by atoms with E-state index in [4.69, 9.17) is 9.73 Å². The number of hydrogen-bond acceptors (Lipinski definition) is 3. The van der Waals surface area contributed by atoms with Crippen LogP contribution in [0, 0.1) is 0 Å². The Kier molecular flexibility index (Phi) is 7.15. The second-order valence-corrected chi connectivity index (χ2v) is 7.40. The molecule has 2 rings (SSSR count). The van der Waals surface area contributed by atoms with Gasteiger partial charge < -0.3 is 15.4 Å². The summed E-state index contributed by atoms with van der Waals surface area (Å²) in [5.41, 5.74) is 0. The first-order valence-corrected chi connectivity index (χ1v) is 9.47. The highest BCUT2D eigenvalue weighted by molar-refractivity contribution is 5.80. The van der Waals surface area contributed by atoms with E-state index in [9.17, 15) is 0 Å². The average molecular weight is 325 g/mol. The van der Waals surface area contributed by atoms with Crippen molar-refractivity contribution in [2.24, 2.45) is 4.99 Å². The molecule has 0 aromatic rings. The molecule has 0 amide bonds. The van der Waals surface area contributed by atoms with Crippen molar-refractivity contribution < 1.29 is 4.74 Å². The first-order valence-electron chi connectivity index (χ1n) is 9.47. The number of aliphatic imine (C=N–C) groups is 1. The molecule has 134 valence electrons. The zero-order valence-corrected chi connectivity index (χ0v) is 15.6. The van der Waals surface area contributed by atoms with Crippen molar-refractivity contribution in [1.29, 1.82) is 0 Å². The number of guanidine groups is 1. The Hall–Kier alpha value is -0.810. The molecular formula is C18H36N4O. The van der Waals surface area contributed by atoms with E-state index in [0.717, 1.165) is 38.4 Å². The summed E-state index contributed by atoms with van der Waals surface area (Å²) in [6, 6.07) is 1.63. The predicted molar refractivity (Wildman–Crippen MR) is 97.0 cm³/mol. The molecule has 2 aliphatic heterocycles.